The van der Waals surface area contributed by atoms with Crippen molar-refractivity contribution in [2.45, 2.75) is 11.9 Å². The highest BCUT2D eigenvalue weighted by atomic mass is 32.2. The summed E-state index contributed by atoms with van der Waals surface area (Å²) >= 11 is 1.20. The van der Waals surface area contributed by atoms with E-state index in [1.165, 1.54) is 23.9 Å². The predicted octanol–water partition coefficient (Wildman–Crippen LogP) is 7.26. The SMILES string of the molecule is CCOC(=O)C1=NN(c2cccc([N+](=O)[O-])c2)[C@]2(S1)c1ccccc1C(c1cccc3ccccc13)=NN2c1ccccc1. The van der Waals surface area contributed by atoms with Crippen molar-refractivity contribution >= 4 is 56.3 Å². The molecule has 0 amide bonds. The molecule has 216 valence electrons. The van der Waals surface area contributed by atoms with Crippen molar-refractivity contribution in [3.8, 4) is 0 Å². The summed E-state index contributed by atoms with van der Waals surface area (Å²) in [4.78, 5) is 23.3. The number of hydrogen-bond donors (Lipinski definition) is 0. The summed E-state index contributed by atoms with van der Waals surface area (Å²) in [6, 6.07) is 38.1. The number of anilines is 2. The molecule has 7 rings (SSSR count). The Kier molecular flexibility index (Phi) is 6.83. The molecular weight excluding hydrogens is 574 g/mol. The Morgan fingerprint density at radius 1 is 0.818 bits per heavy atom. The molecule has 0 saturated heterocycles. The minimum absolute atomic E-state index is 0.0993. The number of esters is 1. The van der Waals surface area contributed by atoms with Crippen LogP contribution in [0.4, 0.5) is 17.1 Å². The minimum atomic E-state index is -1.27. The number of nitrogens with zero attached hydrogens (tertiary/aromatic N) is 5. The third kappa shape index (κ3) is 4.38. The van der Waals surface area contributed by atoms with Gasteiger partial charge in [0.05, 0.1) is 28.6 Å². The maximum atomic E-state index is 13.2. The smallest absolute Gasteiger partial charge is 0.365 e. The Labute approximate surface area is 257 Å². The van der Waals surface area contributed by atoms with Crippen molar-refractivity contribution in [1.29, 1.82) is 0 Å². The van der Waals surface area contributed by atoms with Crippen LogP contribution in [0.15, 0.2) is 132 Å². The number of nitro groups is 1. The first kappa shape index (κ1) is 27.4. The average molecular weight is 600 g/mol. The van der Waals surface area contributed by atoms with Crippen molar-refractivity contribution in [3.63, 3.8) is 0 Å². The highest BCUT2D eigenvalue weighted by molar-refractivity contribution is 8.16. The van der Waals surface area contributed by atoms with Gasteiger partial charge in [0.25, 0.3) is 5.69 Å². The van der Waals surface area contributed by atoms with E-state index in [-0.39, 0.29) is 17.3 Å². The van der Waals surface area contributed by atoms with E-state index in [4.69, 9.17) is 14.9 Å². The Morgan fingerprint density at radius 3 is 2.30 bits per heavy atom. The lowest BCUT2D eigenvalue weighted by atomic mass is 9.91. The van der Waals surface area contributed by atoms with Gasteiger partial charge in [-0.3, -0.25) is 10.1 Å². The molecule has 2 heterocycles. The van der Waals surface area contributed by atoms with E-state index >= 15 is 0 Å². The van der Waals surface area contributed by atoms with Gasteiger partial charge in [0.1, 0.15) is 0 Å². The maximum Gasteiger partial charge on any atom is 0.365 e. The van der Waals surface area contributed by atoms with Crippen LogP contribution in [0.3, 0.4) is 0 Å². The van der Waals surface area contributed by atoms with Crippen molar-refractivity contribution in [2.75, 3.05) is 16.6 Å². The number of nitro benzene ring substituents is 1. The summed E-state index contributed by atoms with van der Waals surface area (Å²) in [6.45, 7) is 1.91. The summed E-state index contributed by atoms with van der Waals surface area (Å²) in [6.07, 6.45) is 0. The fourth-order valence-electron chi connectivity index (χ4n) is 5.65. The van der Waals surface area contributed by atoms with Crippen LogP contribution in [-0.4, -0.2) is 28.3 Å². The van der Waals surface area contributed by atoms with E-state index in [2.05, 4.69) is 24.3 Å². The van der Waals surface area contributed by atoms with Gasteiger partial charge >= 0.3 is 5.97 Å². The molecule has 0 radical (unpaired) electrons. The molecule has 1 atom stereocenters. The molecule has 0 aromatic heterocycles. The van der Waals surface area contributed by atoms with Gasteiger partial charge in [-0.05, 0) is 47.7 Å². The van der Waals surface area contributed by atoms with E-state index in [1.807, 2.05) is 77.8 Å². The summed E-state index contributed by atoms with van der Waals surface area (Å²) < 4.78 is 5.39. The number of hydrazone groups is 2. The van der Waals surface area contributed by atoms with Crippen LogP contribution in [-0.2, 0) is 14.5 Å². The normalized spacial score (nSPS) is 17.3. The van der Waals surface area contributed by atoms with Crippen molar-refractivity contribution in [2.24, 2.45) is 10.2 Å². The maximum absolute atomic E-state index is 13.2. The monoisotopic (exact) mass is 599 g/mol. The summed E-state index contributed by atoms with van der Waals surface area (Å²) in [5, 5.41) is 27.7. The number of ether oxygens (including phenoxy) is 1. The number of rotatable bonds is 6. The number of non-ortho nitro benzene ring substituents is 1. The molecule has 2 aliphatic rings. The first-order valence-electron chi connectivity index (χ1n) is 14.0. The fraction of sp³-hybridized carbons (Fsp3) is 0.0882. The van der Waals surface area contributed by atoms with Crippen LogP contribution in [0.25, 0.3) is 10.8 Å². The zero-order chi connectivity index (χ0) is 30.3. The molecular formula is C34H25N5O4S. The standard InChI is InChI=1S/C34H25N5O4S/c1-2-43-33(40)32-36-38(25-16-11-17-26(22-25)39(41)42)34(44-32)30-21-9-8-19-29(30)31(35-37(34)24-14-4-3-5-15-24)28-20-10-13-23-12-6-7-18-27(23)28/h3-22H,2H2,1H3/t34-/m0/s1. The van der Waals surface area contributed by atoms with E-state index in [9.17, 15) is 14.9 Å². The minimum Gasteiger partial charge on any atom is -0.461 e. The third-order valence-corrected chi connectivity index (χ3v) is 8.81. The largest absolute Gasteiger partial charge is 0.461 e. The zero-order valence-corrected chi connectivity index (χ0v) is 24.3. The molecule has 0 aliphatic carbocycles. The Morgan fingerprint density at radius 2 is 1.48 bits per heavy atom. The number of fused-ring (bicyclic) bond motifs is 3. The molecule has 2 aliphatic heterocycles. The molecule has 10 heteroatoms. The van der Waals surface area contributed by atoms with Crippen molar-refractivity contribution in [3.05, 3.63) is 148 Å². The molecule has 0 N–H and O–H groups in total. The third-order valence-electron chi connectivity index (χ3n) is 7.52. The van der Waals surface area contributed by atoms with Gasteiger partial charge in [0.15, 0.2) is 0 Å². The van der Waals surface area contributed by atoms with E-state index in [1.54, 1.807) is 24.1 Å². The van der Waals surface area contributed by atoms with Crippen LogP contribution >= 0.6 is 11.8 Å². The number of carbonyl (C=O) groups is 1. The molecule has 44 heavy (non-hydrogen) atoms. The Balaban J connectivity index is 1.54. The van der Waals surface area contributed by atoms with Crippen LogP contribution in [0.2, 0.25) is 0 Å². The van der Waals surface area contributed by atoms with Crippen LogP contribution in [0.5, 0.6) is 0 Å². The van der Waals surface area contributed by atoms with Gasteiger partial charge in [-0.25, -0.2) is 14.8 Å². The number of para-hydroxylation sites is 1. The molecule has 5 aromatic rings. The molecule has 1 spiro atoms. The Hall–Kier alpha value is -5.48. The number of benzene rings is 5. The molecule has 9 nitrogen and oxygen atoms in total. The van der Waals surface area contributed by atoms with Gasteiger partial charge in [-0.1, -0.05) is 91.0 Å². The molecule has 0 unspecified atom stereocenters. The van der Waals surface area contributed by atoms with Gasteiger partial charge in [-0.2, -0.15) is 10.2 Å². The van der Waals surface area contributed by atoms with Gasteiger partial charge < -0.3 is 4.74 Å². The van der Waals surface area contributed by atoms with Crippen LogP contribution in [0, 0.1) is 10.1 Å². The zero-order valence-electron chi connectivity index (χ0n) is 23.5. The molecule has 5 aromatic carbocycles. The second-order valence-electron chi connectivity index (χ2n) is 10.1. The van der Waals surface area contributed by atoms with Gasteiger partial charge in [0.2, 0.25) is 10.0 Å². The number of thioether (sulfide) groups is 1. The second kappa shape index (κ2) is 11.0. The molecule has 0 fully saturated rings. The summed E-state index contributed by atoms with van der Waals surface area (Å²) in [5.74, 6) is -0.584. The quantitative estimate of drug-likeness (QED) is 0.115. The van der Waals surface area contributed by atoms with E-state index in [0.717, 1.165) is 38.9 Å². The highest BCUT2D eigenvalue weighted by Crippen LogP contribution is 2.55. The Bertz CT molecular complexity index is 1990. The number of hydrogen-bond acceptors (Lipinski definition) is 9. The lowest BCUT2D eigenvalue weighted by Gasteiger charge is -2.47. The highest BCUT2D eigenvalue weighted by Gasteiger charge is 2.56. The molecule has 0 bridgehead atoms. The van der Waals surface area contributed by atoms with Crippen LogP contribution < -0.4 is 10.0 Å². The first-order chi connectivity index (χ1) is 21.5. The van der Waals surface area contributed by atoms with E-state index < -0.39 is 15.9 Å². The second-order valence-corrected chi connectivity index (χ2v) is 11.3. The average Bonchev–Trinajstić information content (AvgIpc) is 3.46. The topological polar surface area (TPSA) is 101 Å². The van der Waals surface area contributed by atoms with Crippen molar-refractivity contribution in [1.82, 2.24) is 0 Å². The predicted molar refractivity (Wildman–Crippen MR) is 174 cm³/mol. The van der Waals surface area contributed by atoms with Crippen molar-refractivity contribution < 1.29 is 14.5 Å². The van der Waals surface area contributed by atoms with E-state index in [0.29, 0.717) is 5.69 Å². The fourth-order valence-corrected chi connectivity index (χ4v) is 6.94. The lowest BCUT2D eigenvalue weighted by molar-refractivity contribution is -0.384. The summed E-state index contributed by atoms with van der Waals surface area (Å²) in [7, 11) is 0. The van der Waals surface area contributed by atoms with Gasteiger partial charge in [0, 0.05) is 28.8 Å². The lowest BCUT2D eigenvalue weighted by Crippen LogP contribution is -2.54. The van der Waals surface area contributed by atoms with Gasteiger partial charge in [-0.15, -0.1) is 0 Å². The molecule has 0 saturated carbocycles. The summed E-state index contributed by atoms with van der Waals surface area (Å²) in [5.41, 5.74) is 4.41. The number of carbonyl (C=O) groups excluding carboxylic acids is 1. The first-order valence-corrected chi connectivity index (χ1v) is 14.8. The van der Waals surface area contributed by atoms with Crippen LogP contribution in [0.1, 0.15) is 23.6 Å².